The Morgan fingerprint density at radius 3 is 2.61 bits per heavy atom. The summed E-state index contributed by atoms with van der Waals surface area (Å²) in [6.07, 6.45) is -0.812. The van der Waals surface area contributed by atoms with Crippen molar-refractivity contribution < 1.29 is 18.8 Å². The highest BCUT2D eigenvalue weighted by Gasteiger charge is 2.32. The van der Waals surface area contributed by atoms with Crippen LogP contribution < -0.4 is 10.2 Å². The van der Waals surface area contributed by atoms with Gasteiger partial charge in [0.05, 0.1) is 13.1 Å². The summed E-state index contributed by atoms with van der Waals surface area (Å²) in [5, 5.41) is 6.67. The molecule has 1 fully saturated rings. The number of hydrogen-bond donors (Lipinski definition) is 1. The summed E-state index contributed by atoms with van der Waals surface area (Å²) in [4.78, 5) is 29.1. The Morgan fingerprint density at radius 1 is 1.14 bits per heavy atom. The predicted octanol–water partition coefficient (Wildman–Crippen LogP) is 2.86. The molecule has 1 saturated heterocycles. The summed E-state index contributed by atoms with van der Waals surface area (Å²) in [6.45, 7) is 2.09. The Labute approximate surface area is 161 Å². The summed E-state index contributed by atoms with van der Waals surface area (Å²) in [5.41, 5.74) is 2.32. The monoisotopic (exact) mass is 378 g/mol. The largest absolute Gasteiger partial charge is 0.442 e. The number of carbonyl (C=O) groups is 2. The minimum absolute atomic E-state index is 0.159. The lowest BCUT2D eigenvalue weighted by molar-refractivity contribution is -0.119. The van der Waals surface area contributed by atoms with Crippen molar-refractivity contribution in [3.63, 3.8) is 0 Å². The van der Waals surface area contributed by atoms with Crippen LogP contribution in [0.15, 0.2) is 59.1 Å². The standard InChI is InChI=1S/C20H18N4O4/c1-13(25)21-11-17-12-24(20(26)27-17)16-9-7-15(8-10-16)19-22-18(23-28-19)14-5-3-2-4-6-14/h2-10,17H,11-12H2,1H3,(H,21,25). The molecule has 1 unspecified atom stereocenters. The third-order valence-electron chi connectivity index (χ3n) is 4.34. The fourth-order valence-electron chi connectivity index (χ4n) is 2.93. The first-order chi connectivity index (χ1) is 13.6. The lowest BCUT2D eigenvalue weighted by Crippen LogP contribution is -2.33. The van der Waals surface area contributed by atoms with Crippen LogP contribution in [0.3, 0.4) is 0 Å². The Balaban J connectivity index is 1.47. The molecule has 2 amide bonds. The van der Waals surface area contributed by atoms with E-state index >= 15 is 0 Å². The fourth-order valence-corrected chi connectivity index (χ4v) is 2.93. The van der Waals surface area contributed by atoms with Crippen LogP contribution in [0.4, 0.5) is 10.5 Å². The molecule has 0 aliphatic carbocycles. The average Bonchev–Trinajstić information content (AvgIpc) is 3.34. The second-order valence-corrected chi connectivity index (χ2v) is 6.39. The van der Waals surface area contributed by atoms with E-state index in [9.17, 15) is 9.59 Å². The molecule has 3 aromatic rings. The lowest BCUT2D eigenvalue weighted by atomic mass is 10.2. The molecule has 0 spiro atoms. The zero-order valence-electron chi connectivity index (χ0n) is 15.2. The molecule has 2 aromatic carbocycles. The van der Waals surface area contributed by atoms with Gasteiger partial charge in [-0.1, -0.05) is 35.5 Å². The number of carbonyl (C=O) groups excluding carboxylic acids is 2. The number of amides is 2. The molecule has 28 heavy (non-hydrogen) atoms. The van der Waals surface area contributed by atoms with Crippen molar-refractivity contribution in [2.24, 2.45) is 0 Å². The van der Waals surface area contributed by atoms with Gasteiger partial charge in [-0.2, -0.15) is 4.98 Å². The van der Waals surface area contributed by atoms with Crippen LogP contribution in [-0.2, 0) is 9.53 Å². The van der Waals surface area contributed by atoms with E-state index in [0.717, 1.165) is 11.1 Å². The SMILES string of the molecule is CC(=O)NCC1CN(c2ccc(-c3nc(-c4ccccc4)no3)cc2)C(=O)O1. The van der Waals surface area contributed by atoms with Crippen molar-refractivity contribution in [3.8, 4) is 22.8 Å². The maximum absolute atomic E-state index is 12.1. The van der Waals surface area contributed by atoms with Gasteiger partial charge in [0, 0.05) is 23.7 Å². The van der Waals surface area contributed by atoms with E-state index in [0.29, 0.717) is 30.5 Å². The van der Waals surface area contributed by atoms with Crippen molar-refractivity contribution in [1.82, 2.24) is 15.5 Å². The zero-order valence-corrected chi connectivity index (χ0v) is 15.2. The Bertz CT molecular complexity index is 985. The number of ether oxygens (including phenoxy) is 1. The molecule has 1 N–H and O–H groups in total. The summed E-state index contributed by atoms with van der Waals surface area (Å²) in [5.74, 6) is 0.759. The molecule has 2 heterocycles. The maximum Gasteiger partial charge on any atom is 0.414 e. The highest BCUT2D eigenvalue weighted by Crippen LogP contribution is 2.26. The summed E-state index contributed by atoms with van der Waals surface area (Å²) in [7, 11) is 0. The second kappa shape index (κ2) is 7.51. The minimum Gasteiger partial charge on any atom is -0.442 e. The van der Waals surface area contributed by atoms with Crippen LogP contribution in [0, 0.1) is 0 Å². The normalized spacial score (nSPS) is 16.1. The van der Waals surface area contributed by atoms with Gasteiger partial charge in [0.1, 0.15) is 6.10 Å². The second-order valence-electron chi connectivity index (χ2n) is 6.39. The van der Waals surface area contributed by atoms with E-state index in [-0.39, 0.29) is 12.0 Å². The summed E-state index contributed by atoms with van der Waals surface area (Å²) >= 11 is 0. The average molecular weight is 378 g/mol. The van der Waals surface area contributed by atoms with Crippen LogP contribution in [0.1, 0.15) is 6.92 Å². The number of nitrogens with zero attached hydrogens (tertiary/aromatic N) is 3. The molecule has 1 aliphatic rings. The molecule has 1 aliphatic heterocycles. The third kappa shape index (κ3) is 3.71. The topological polar surface area (TPSA) is 97.6 Å². The molecule has 0 bridgehead atoms. The molecule has 0 radical (unpaired) electrons. The van der Waals surface area contributed by atoms with Crippen molar-refractivity contribution in [2.45, 2.75) is 13.0 Å². The first-order valence-corrected chi connectivity index (χ1v) is 8.82. The number of cyclic esters (lactones) is 1. The van der Waals surface area contributed by atoms with Gasteiger partial charge in [-0.25, -0.2) is 4.79 Å². The van der Waals surface area contributed by atoms with E-state index < -0.39 is 6.09 Å². The maximum atomic E-state index is 12.1. The molecule has 1 aromatic heterocycles. The van der Waals surface area contributed by atoms with Gasteiger partial charge in [0.2, 0.25) is 11.7 Å². The Kier molecular flexibility index (Phi) is 4.76. The fraction of sp³-hybridized carbons (Fsp3) is 0.200. The molecule has 142 valence electrons. The van der Waals surface area contributed by atoms with Crippen molar-refractivity contribution >= 4 is 17.7 Å². The summed E-state index contributed by atoms with van der Waals surface area (Å²) in [6, 6.07) is 16.8. The van der Waals surface area contributed by atoms with Gasteiger partial charge >= 0.3 is 6.09 Å². The Hall–Kier alpha value is -3.68. The first-order valence-electron chi connectivity index (χ1n) is 8.82. The van der Waals surface area contributed by atoms with Gasteiger partial charge in [-0.05, 0) is 24.3 Å². The van der Waals surface area contributed by atoms with Crippen molar-refractivity contribution in [1.29, 1.82) is 0 Å². The number of hydrogen-bond acceptors (Lipinski definition) is 6. The van der Waals surface area contributed by atoms with E-state index in [2.05, 4.69) is 15.5 Å². The molecular weight excluding hydrogens is 360 g/mol. The Morgan fingerprint density at radius 2 is 1.89 bits per heavy atom. The molecule has 8 heteroatoms. The van der Waals surface area contributed by atoms with Crippen LogP contribution in [0.5, 0.6) is 0 Å². The van der Waals surface area contributed by atoms with Gasteiger partial charge in [0.15, 0.2) is 0 Å². The summed E-state index contributed by atoms with van der Waals surface area (Å²) < 4.78 is 10.6. The minimum atomic E-state index is -0.438. The van der Waals surface area contributed by atoms with Gasteiger partial charge < -0.3 is 14.6 Å². The number of nitrogens with one attached hydrogen (secondary N) is 1. The van der Waals surface area contributed by atoms with Crippen LogP contribution in [-0.4, -0.2) is 41.3 Å². The van der Waals surface area contributed by atoms with E-state index in [4.69, 9.17) is 9.26 Å². The number of aromatic nitrogens is 2. The van der Waals surface area contributed by atoms with Crippen molar-refractivity contribution in [2.75, 3.05) is 18.0 Å². The number of benzene rings is 2. The van der Waals surface area contributed by atoms with Crippen LogP contribution in [0.2, 0.25) is 0 Å². The highest BCUT2D eigenvalue weighted by atomic mass is 16.6. The number of rotatable bonds is 5. The molecule has 1 atom stereocenters. The van der Waals surface area contributed by atoms with E-state index in [1.807, 2.05) is 42.5 Å². The number of anilines is 1. The lowest BCUT2D eigenvalue weighted by Gasteiger charge is -2.13. The molecule has 0 saturated carbocycles. The third-order valence-corrected chi connectivity index (χ3v) is 4.34. The molecule has 4 rings (SSSR count). The first kappa shape index (κ1) is 17.7. The predicted molar refractivity (Wildman–Crippen MR) is 101 cm³/mol. The highest BCUT2D eigenvalue weighted by molar-refractivity contribution is 5.90. The zero-order chi connectivity index (χ0) is 19.5. The van der Waals surface area contributed by atoms with E-state index in [1.54, 1.807) is 12.1 Å². The van der Waals surface area contributed by atoms with Gasteiger partial charge in [-0.15, -0.1) is 0 Å². The molecule has 8 nitrogen and oxygen atoms in total. The quantitative estimate of drug-likeness (QED) is 0.733. The molecular formula is C20H18N4O4. The van der Waals surface area contributed by atoms with Gasteiger partial charge in [0.25, 0.3) is 5.89 Å². The van der Waals surface area contributed by atoms with Crippen LogP contribution >= 0.6 is 0 Å². The van der Waals surface area contributed by atoms with E-state index in [1.165, 1.54) is 11.8 Å². The smallest absolute Gasteiger partial charge is 0.414 e. The van der Waals surface area contributed by atoms with Crippen molar-refractivity contribution in [3.05, 3.63) is 54.6 Å². The van der Waals surface area contributed by atoms with Crippen LogP contribution in [0.25, 0.3) is 22.8 Å². The van der Waals surface area contributed by atoms with Gasteiger partial charge in [-0.3, -0.25) is 9.69 Å².